The molecule has 0 aromatic carbocycles. The first-order valence-electron chi connectivity index (χ1n) is 4.15. The van der Waals surface area contributed by atoms with E-state index in [0.29, 0.717) is 25.8 Å². The van der Waals surface area contributed by atoms with E-state index in [1.807, 2.05) is 6.66 Å². The maximum atomic E-state index is 10.4. The fourth-order valence-electron chi connectivity index (χ4n) is 0.771. The lowest BCUT2D eigenvalue weighted by atomic mass is 10.2. The summed E-state index contributed by atoms with van der Waals surface area (Å²) in [5.74, 6) is -0.314. The second kappa shape index (κ2) is 7.01. The van der Waals surface area contributed by atoms with Crippen LogP contribution in [0.3, 0.4) is 0 Å². The van der Waals surface area contributed by atoms with Crippen molar-refractivity contribution in [1.29, 1.82) is 0 Å². The third kappa shape index (κ3) is 9.47. The molecular formula is C8H18N2O2P+. The largest absolute Gasteiger partial charge is 0.370 e. The molecule has 4 N–H and O–H groups in total. The first kappa shape index (κ1) is 12.6. The lowest BCUT2D eigenvalue weighted by molar-refractivity contribution is -0.118. The van der Waals surface area contributed by atoms with E-state index in [0.717, 1.165) is 0 Å². The van der Waals surface area contributed by atoms with Gasteiger partial charge < -0.3 is 16.2 Å². The van der Waals surface area contributed by atoms with Crippen molar-refractivity contribution in [2.45, 2.75) is 18.9 Å². The summed E-state index contributed by atoms with van der Waals surface area (Å²) in [4.78, 5) is 10.4. The van der Waals surface area contributed by atoms with Crippen LogP contribution in [0.25, 0.3) is 0 Å². The van der Waals surface area contributed by atoms with Gasteiger partial charge in [0.1, 0.15) is 7.55 Å². The molecule has 5 heteroatoms. The van der Waals surface area contributed by atoms with E-state index in [4.69, 9.17) is 16.2 Å². The van der Waals surface area contributed by atoms with E-state index >= 15 is 0 Å². The van der Waals surface area contributed by atoms with E-state index in [1.165, 1.54) is 0 Å². The van der Waals surface area contributed by atoms with Crippen molar-refractivity contribution >= 4 is 19.8 Å². The molecule has 2 unspecified atom stereocenters. The highest BCUT2D eigenvalue weighted by Crippen LogP contribution is 2.11. The van der Waals surface area contributed by atoms with Crippen LogP contribution in [-0.2, 0) is 9.53 Å². The Bertz CT molecular complexity index is 185. The molecule has 0 spiro atoms. The van der Waals surface area contributed by atoms with Crippen molar-refractivity contribution in [1.82, 2.24) is 0 Å². The maximum absolute atomic E-state index is 10.4. The normalized spacial score (nSPS) is 13.8. The SMILES string of the molecule is C=[P+](C)COCC(N)CCC(N)=O. The molecule has 0 saturated heterocycles. The van der Waals surface area contributed by atoms with Gasteiger partial charge in [0, 0.05) is 12.5 Å². The van der Waals surface area contributed by atoms with Crippen LogP contribution < -0.4 is 11.5 Å². The number of carbonyl (C=O) groups excluding carboxylic acids is 1. The van der Waals surface area contributed by atoms with Crippen molar-refractivity contribution in [3.63, 3.8) is 0 Å². The Hall–Kier alpha value is -0.440. The predicted octanol–water partition coefficient (Wildman–Crippen LogP) is 0.0970. The summed E-state index contributed by atoms with van der Waals surface area (Å²) in [7, 11) is -0.272. The van der Waals surface area contributed by atoms with Crippen LogP contribution in [0.4, 0.5) is 0 Å². The van der Waals surface area contributed by atoms with Crippen molar-refractivity contribution in [2.24, 2.45) is 11.5 Å². The van der Waals surface area contributed by atoms with Gasteiger partial charge >= 0.3 is 0 Å². The number of rotatable bonds is 7. The van der Waals surface area contributed by atoms with E-state index in [-0.39, 0.29) is 19.5 Å². The van der Waals surface area contributed by atoms with Crippen molar-refractivity contribution in [3.05, 3.63) is 0 Å². The summed E-state index contributed by atoms with van der Waals surface area (Å²) in [5.41, 5.74) is 10.6. The maximum Gasteiger partial charge on any atom is 0.217 e. The second-order valence-electron chi connectivity index (χ2n) is 3.12. The van der Waals surface area contributed by atoms with Crippen LogP contribution in [0.5, 0.6) is 0 Å². The Balaban J connectivity index is 3.35. The smallest absolute Gasteiger partial charge is 0.217 e. The van der Waals surface area contributed by atoms with E-state index in [1.54, 1.807) is 0 Å². The highest BCUT2D eigenvalue weighted by atomic mass is 31.1. The van der Waals surface area contributed by atoms with E-state index in [9.17, 15) is 4.79 Å². The van der Waals surface area contributed by atoms with Crippen LogP contribution in [0, 0.1) is 0 Å². The molecule has 0 radical (unpaired) electrons. The number of nitrogens with two attached hydrogens (primary N) is 2. The number of carbonyl (C=O) groups is 1. The highest BCUT2D eigenvalue weighted by Gasteiger charge is 2.06. The van der Waals surface area contributed by atoms with Crippen LogP contribution in [0.1, 0.15) is 12.8 Å². The van der Waals surface area contributed by atoms with E-state index < -0.39 is 0 Å². The molecule has 0 bridgehead atoms. The minimum atomic E-state index is -0.314. The number of hydrogen-bond acceptors (Lipinski definition) is 3. The average molecular weight is 205 g/mol. The number of hydrogen-bond donors (Lipinski definition) is 2. The van der Waals surface area contributed by atoms with Crippen LogP contribution >= 0.6 is 7.55 Å². The Morgan fingerprint density at radius 1 is 1.69 bits per heavy atom. The molecule has 0 fully saturated rings. The van der Waals surface area contributed by atoms with Gasteiger partial charge in [-0.3, -0.25) is 4.79 Å². The molecule has 0 heterocycles. The van der Waals surface area contributed by atoms with Gasteiger partial charge in [0.2, 0.25) is 12.3 Å². The summed E-state index contributed by atoms with van der Waals surface area (Å²) in [6.07, 6.45) is 5.42. The molecule has 0 aliphatic heterocycles. The zero-order chi connectivity index (χ0) is 10.3. The summed E-state index contributed by atoms with van der Waals surface area (Å²) < 4.78 is 5.28. The minimum absolute atomic E-state index is 0.0950. The molecular weight excluding hydrogens is 187 g/mol. The van der Waals surface area contributed by atoms with Gasteiger partial charge in [-0.2, -0.15) is 0 Å². The molecule has 1 amide bonds. The highest BCUT2D eigenvalue weighted by molar-refractivity contribution is 7.54. The van der Waals surface area contributed by atoms with Gasteiger partial charge in [0.05, 0.1) is 19.6 Å². The molecule has 0 rings (SSSR count). The summed E-state index contributed by atoms with van der Waals surface area (Å²) >= 11 is 0. The zero-order valence-electron chi connectivity index (χ0n) is 8.03. The Morgan fingerprint density at radius 3 is 2.77 bits per heavy atom. The number of amides is 1. The summed E-state index contributed by atoms with van der Waals surface area (Å²) in [6.45, 7) is 2.51. The van der Waals surface area contributed by atoms with Crippen LogP contribution in [-0.4, -0.2) is 37.9 Å². The molecule has 2 atom stereocenters. The van der Waals surface area contributed by atoms with Crippen molar-refractivity contribution in [2.75, 3.05) is 19.6 Å². The van der Waals surface area contributed by atoms with Crippen molar-refractivity contribution < 1.29 is 9.53 Å². The average Bonchev–Trinajstić information content (AvgIpc) is 2.00. The van der Waals surface area contributed by atoms with Crippen LogP contribution in [0.15, 0.2) is 0 Å². The molecule has 0 saturated carbocycles. The third-order valence-corrected chi connectivity index (χ3v) is 2.03. The minimum Gasteiger partial charge on any atom is -0.370 e. The first-order valence-corrected chi connectivity index (χ1v) is 6.31. The molecule has 76 valence electrons. The fourth-order valence-corrected chi connectivity index (χ4v) is 1.19. The van der Waals surface area contributed by atoms with Crippen LogP contribution in [0.2, 0.25) is 0 Å². The summed E-state index contributed by atoms with van der Waals surface area (Å²) in [5, 5.41) is 0. The molecule has 0 aliphatic carbocycles. The fraction of sp³-hybridized carbons (Fsp3) is 0.750. The standard InChI is InChI=1S/C8H17N2O2P/c1-13(2)6-12-5-7(9)3-4-8(10)11/h7H,1,3-6,9H2,2H3,(H-,10,11)/p+1. The van der Waals surface area contributed by atoms with Gasteiger partial charge in [-0.15, -0.1) is 0 Å². The lowest BCUT2D eigenvalue weighted by Crippen LogP contribution is -2.28. The first-order chi connectivity index (χ1) is 6.02. The summed E-state index contributed by atoms with van der Waals surface area (Å²) in [6, 6.07) is -0.0950. The van der Waals surface area contributed by atoms with Gasteiger partial charge in [0.15, 0.2) is 0 Å². The molecule has 0 aliphatic rings. The van der Waals surface area contributed by atoms with Gasteiger partial charge in [-0.25, -0.2) is 0 Å². The molecule has 4 nitrogen and oxygen atoms in total. The van der Waals surface area contributed by atoms with E-state index in [2.05, 4.69) is 6.30 Å². The van der Waals surface area contributed by atoms with Gasteiger partial charge in [0.25, 0.3) is 0 Å². The monoisotopic (exact) mass is 205 g/mol. The number of ether oxygens (including phenoxy) is 1. The Labute approximate surface area is 80.0 Å². The quantitative estimate of drug-likeness (QED) is 0.578. The third-order valence-electron chi connectivity index (χ3n) is 1.41. The number of primary amides is 1. The van der Waals surface area contributed by atoms with Gasteiger partial charge in [-0.05, 0) is 6.42 Å². The zero-order valence-corrected chi connectivity index (χ0v) is 8.93. The Kier molecular flexibility index (Phi) is 6.77. The predicted molar refractivity (Wildman–Crippen MR) is 57.2 cm³/mol. The van der Waals surface area contributed by atoms with Crippen molar-refractivity contribution in [3.8, 4) is 0 Å². The second-order valence-corrected chi connectivity index (χ2v) is 5.09. The topological polar surface area (TPSA) is 78.3 Å². The lowest BCUT2D eigenvalue weighted by Gasteiger charge is -2.08. The Morgan fingerprint density at radius 2 is 2.31 bits per heavy atom. The molecule has 13 heavy (non-hydrogen) atoms. The molecule has 0 aromatic rings. The molecule has 0 aromatic heterocycles. The van der Waals surface area contributed by atoms with Gasteiger partial charge in [-0.1, -0.05) is 0 Å².